The van der Waals surface area contributed by atoms with Gasteiger partial charge in [-0.05, 0) is 54.7 Å². The molecule has 1 fully saturated rings. The van der Waals surface area contributed by atoms with Gasteiger partial charge in [0, 0.05) is 43.1 Å². The SMILES string of the molecule is NC1CCCC(C(=O)NCc2cccc(NC(=O)NCc3ccncc3)c2)C1. The Bertz CT molecular complexity index is 796. The third kappa shape index (κ3) is 6.06. The lowest BCUT2D eigenvalue weighted by molar-refractivity contribution is -0.126. The number of amides is 3. The Morgan fingerprint density at radius 2 is 1.82 bits per heavy atom. The molecule has 2 aromatic rings. The molecule has 0 aliphatic heterocycles. The van der Waals surface area contributed by atoms with Crippen molar-refractivity contribution >= 4 is 17.6 Å². The second-order valence-corrected chi connectivity index (χ2v) is 7.20. The molecule has 1 aromatic carbocycles. The molecular weight excluding hydrogens is 354 g/mol. The molecule has 1 aliphatic rings. The van der Waals surface area contributed by atoms with Crippen LogP contribution in [0.1, 0.15) is 36.8 Å². The standard InChI is InChI=1S/C21H27N5O2/c22-18-5-2-4-17(12-18)20(27)24-14-16-3-1-6-19(11-16)26-21(28)25-13-15-7-9-23-10-8-15/h1,3,6-11,17-18H,2,4-5,12-14,22H2,(H,24,27)(H2,25,26,28). The van der Waals surface area contributed by atoms with Crippen molar-refractivity contribution in [1.82, 2.24) is 15.6 Å². The smallest absolute Gasteiger partial charge is 0.319 e. The monoisotopic (exact) mass is 381 g/mol. The highest BCUT2D eigenvalue weighted by Crippen LogP contribution is 2.23. The van der Waals surface area contributed by atoms with Crippen LogP contribution < -0.4 is 21.7 Å². The van der Waals surface area contributed by atoms with Crippen LogP contribution in [-0.4, -0.2) is 23.0 Å². The molecule has 28 heavy (non-hydrogen) atoms. The number of hydrogen-bond donors (Lipinski definition) is 4. The largest absolute Gasteiger partial charge is 0.352 e. The fraction of sp³-hybridized carbons (Fsp3) is 0.381. The molecule has 7 nitrogen and oxygen atoms in total. The summed E-state index contributed by atoms with van der Waals surface area (Å²) in [6.07, 6.45) is 7.04. The number of nitrogens with one attached hydrogen (secondary N) is 3. The molecule has 0 radical (unpaired) electrons. The van der Waals surface area contributed by atoms with Crippen molar-refractivity contribution in [2.45, 2.75) is 44.8 Å². The summed E-state index contributed by atoms with van der Waals surface area (Å²) in [4.78, 5) is 28.4. The van der Waals surface area contributed by atoms with Gasteiger partial charge in [0.1, 0.15) is 0 Å². The van der Waals surface area contributed by atoms with E-state index in [1.807, 2.05) is 36.4 Å². The van der Waals surface area contributed by atoms with Crippen LogP contribution in [0, 0.1) is 5.92 Å². The highest BCUT2D eigenvalue weighted by molar-refractivity contribution is 5.89. The number of nitrogens with zero attached hydrogens (tertiary/aromatic N) is 1. The summed E-state index contributed by atoms with van der Waals surface area (Å²) in [5.41, 5.74) is 8.56. The van der Waals surface area contributed by atoms with E-state index in [2.05, 4.69) is 20.9 Å². The van der Waals surface area contributed by atoms with Crippen LogP contribution in [0.3, 0.4) is 0 Å². The Kier molecular flexibility index (Phi) is 6.97. The van der Waals surface area contributed by atoms with Crippen molar-refractivity contribution in [1.29, 1.82) is 0 Å². The Labute approximate surface area is 165 Å². The predicted octanol–water partition coefficient (Wildman–Crippen LogP) is 2.54. The lowest BCUT2D eigenvalue weighted by atomic mass is 9.85. The second-order valence-electron chi connectivity index (χ2n) is 7.20. The maximum atomic E-state index is 12.3. The van der Waals surface area contributed by atoms with Gasteiger partial charge in [-0.15, -0.1) is 0 Å². The average Bonchev–Trinajstić information content (AvgIpc) is 2.71. The van der Waals surface area contributed by atoms with Crippen LogP contribution >= 0.6 is 0 Å². The molecule has 2 unspecified atom stereocenters. The molecule has 5 N–H and O–H groups in total. The zero-order valence-electron chi connectivity index (χ0n) is 15.9. The topological polar surface area (TPSA) is 109 Å². The summed E-state index contributed by atoms with van der Waals surface area (Å²) in [6.45, 7) is 0.854. The predicted molar refractivity (Wildman–Crippen MR) is 108 cm³/mol. The first-order chi connectivity index (χ1) is 13.6. The van der Waals surface area contributed by atoms with Crippen LogP contribution in [0.5, 0.6) is 0 Å². The molecule has 0 saturated heterocycles. The first kappa shape index (κ1) is 19.8. The first-order valence-electron chi connectivity index (χ1n) is 9.66. The van der Waals surface area contributed by atoms with E-state index >= 15 is 0 Å². The highest BCUT2D eigenvalue weighted by atomic mass is 16.2. The Hall–Kier alpha value is -2.93. The van der Waals surface area contributed by atoms with E-state index in [0.29, 0.717) is 18.8 Å². The summed E-state index contributed by atoms with van der Waals surface area (Å²) in [6, 6.07) is 11.0. The number of rotatable bonds is 6. The zero-order chi connectivity index (χ0) is 19.8. The van der Waals surface area contributed by atoms with Gasteiger partial charge in [0.05, 0.1) is 0 Å². The molecule has 148 valence electrons. The van der Waals surface area contributed by atoms with E-state index < -0.39 is 0 Å². The molecule has 3 amide bonds. The van der Waals surface area contributed by atoms with E-state index in [4.69, 9.17) is 5.73 Å². The number of pyridine rings is 1. The molecule has 3 rings (SSSR count). The van der Waals surface area contributed by atoms with E-state index in [1.165, 1.54) is 0 Å². The highest BCUT2D eigenvalue weighted by Gasteiger charge is 2.24. The molecule has 1 aliphatic carbocycles. The minimum atomic E-state index is -0.283. The number of anilines is 1. The van der Waals surface area contributed by atoms with Crippen LogP contribution in [0.15, 0.2) is 48.8 Å². The van der Waals surface area contributed by atoms with Gasteiger partial charge in [0.25, 0.3) is 0 Å². The van der Waals surface area contributed by atoms with Gasteiger partial charge in [0.15, 0.2) is 0 Å². The summed E-state index contributed by atoms with van der Waals surface area (Å²) in [5, 5.41) is 8.61. The van der Waals surface area contributed by atoms with Crippen molar-refractivity contribution in [3.63, 3.8) is 0 Å². The van der Waals surface area contributed by atoms with Gasteiger partial charge in [-0.3, -0.25) is 9.78 Å². The second kappa shape index (κ2) is 9.85. The number of nitrogens with two attached hydrogens (primary N) is 1. The Morgan fingerprint density at radius 1 is 1.04 bits per heavy atom. The number of hydrogen-bond acceptors (Lipinski definition) is 4. The summed E-state index contributed by atoms with van der Waals surface area (Å²) in [7, 11) is 0. The van der Waals surface area contributed by atoms with E-state index in [0.717, 1.165) is 36.8 Å². The van der Waals surface area contributed by atoms with Crippen molar-refractivity contribution in [2.24, 2.45) is 11.7 Å². The third-order valence-corrected chi connectivity index (χ3v) is 4.94. The first-order valence-corrected chi connectivity index (χ1v) is 9.66. The van der Waals surface area contributed by atoms with Crippen molar-refractivity contribution in [2.75, 3.05) is 5.32 Å². The molecular formula is C21H27N5O2. The van der Waals surface area contributed by atoms with Crippen LogP contribution in [0.4, 0.5) is 10.5 Å². The maximum absolute atomic E-state index is 12.3. The molecule has 0 spiro atoms. The van der Waals surface area contributed by atoms with E-state index in [9.17, 15) is 9.59 Å². The minimum Gasteiger partial charge on any atom is -0.352 e. The Balaban J connectivity index is 1.46. The molecule has 1 aromatic heterocycles. The quantitative estimate of drug-likeness (QED) is 0.616. The maximum Gasteiger partial charge on any atom is 0.319 e. The van der Waals surface area contributed by atoms with Gasteiger partial charge >= 0.3 is 6.03 Å². The molecule has 2 atom stereocenters. The normalized spacial score (nSPS) is 18.9. The molecule has 1 heterocycles. The number of carbonyl (C=O) groups is 2. The number of benzene rings is 1. The fourth-order valence-electron chi connectivity index (χ4n) is 3.42. The average molecular weight is 381 g/mol. The van der Waals surface area contributed by atoms with Crippen LogP contribution in [0.25, 0.3) is 0 Å². The lowest BCUT2D eigenvalue weighted by Crippen LogP contribution is -2.37. The van der Waals surface area contributed by atoms with Crippen LogP contribution in [0.2, 0.25) is 0 Å². The number of carbonyl (C=O) groups excluding carboxylic acids is 2. The summed E-state index contributed by atoms with van der Waals surface area (Å²) < 4.78 is 0. The van der Waals surface area contributed by atoms with Gasteiger partial charge < -0.3 is 21.7 Å². The van der Waals surface area contributed by atoms with Gasteiger partial charge in [-0.25, -0.2) is 4.79 Å². The lowest BCUT2D eigenvalue weighted by Gasteiger charge is -2.25. The van der Waals surface area contributed by atoms with Crippen molar-refractivity contribution in [3.8, 4) is 0 Å². The third-order valence-electron chi connectivity index (χ3n) is 4.94. The number of urea groups is 1. The van der Waals surface area contributed by atoms with Crippen molar-refractivity contribution in [3.05, 3.63) is 59.9 Å². The van der Waals surface area contributed by atoms with E-state index in [-0.39, 0.29) is 23.9 Å². The van der Waals surface area contributed by atoms with E-state index in [1.54, 1.807) is 12.4 Å². The fourth-order valence-corrected chi connectivity index (χ4v) is 3.42. The molecule has 7 heteroatoms. The summed E-state index contributed by atoms with van der Waals surface area (Å²) in [5.74, 6) is 0.0626. The zero-order valence-corrected chi connectivity index (χ0v) is 15.9. The van der Waals surface area contributed by atoms with Gasteiger partial charge in [-0.1, -0.05) is 18.6 Å². The van der Waals surface area contributed by atoms with Gasteiger partial charge in [-0.2, -0.15) is 0 Å². The molecule has 0 bridgehead atoms. The van der Waals surface area contributed by atoms with Crippen molar-refractivity contribution < 1.29 is 9.59 Å². The van der Waals surface area contributed by atoms with Gasteiger partial charge in [0.2, 0.25) is 5.91 Å². The Morgan fingerprint density at radius 3 is 2.61 bits per heavy atom. The molecule has 1 saturated carbocycles. The van der Waals surface area contributed by atoms with Crippen LogP contribution in [-0.2, 0) is 17.9 Å². The minimum absolute atomic E-state index is 0.00372. The summed E-state index contributed by atoms with van der Waals surface area (Å²) >= 11 is 0. The number of aromatic nitrogens is 1.